The van der Waals surface area contributed by atoms with Crippen molar-refractivity contribution in [1.29, 1.82) is 0 Å². The molecule has 3 aromatic rings. The van der Waals surface area contributed by atoms with Crippen LogP contribution in [0.3, 0.4) is 0 Å². The molecule has 40 heavy (non-hydrogen) atoms. The van der Waals surface area contributed by atoms with E-state index in [0.717, 1.165) is 24.9 Å². The Balaban J connectivity index is 1.59. The van der Waals surface area contributed by atoms with Crippen LogP contribution < -0.4 is 25.4 Å². The summed E-state index contributed by atoms with van der Waals surface area (Å²) in [4.78, 5) is 26.7. The van der Waals surface area contributed by atoms with Crippen LogP contribution in [-0.2, 0) is 16.8 Å². The second kappa shape index (κ2) is 10.1. The van der Waals surface area contributed by atoms with Gasteiger partial charge in [-0.25, -0.2) is 8.78 Å². The predicted octanol–water partition coefficient (Wildman–Crippen LogP) is 5.10. The number of carbonyl (C=O) groups excluding carboxylic acids is 2. The van der Waals surface area contributed by atoms with Crippen molar-refractivity contribution in [2.75, 3.05) is 24.6 Å². The number of nitrogens with one attached hydrogen (secondary N) is 1. The molecule has 1 saturated heterocycles. The van der Waals surface area contributed by atoms with Gasteiger partial charge in [0.05, 0.1) is 28.9 Å². The van der Waals surface area contributed by atoms with Gasteiger partial charge in [-0.3, -0.25) is 9.59 Å². The summed E-state index contributed by atoms with van der Waals surface area (Å²) >= 11 is 6.57. The third-order valence-corrected chi connectivity index (χ3v) is 8.45. The van der Waals surface area contributed by atoms with Crippen LogP contribution >= 0.6 is 11.6 Å². The summed E-state index contributed by atoms with van der Waals surface area (Å²) < 4.78 is 44.2. The molecule has 3 N–H and O–H groups in total. The zero-order valence-electron chi connectivity index (χ0n) is 21.9. The molecule has 6 rings (SSSR count). The quantitative estimate of drug-likeness (QED) is 0.447. The van der Waals surface area contributed by atoms with Gasteiger partial charge >= 0.3 is 0 Å². The van der Waals surface area contributed by atoms with Crippen LogP contribution in [0.25, 0.3) is 11.1 Å². The highest BCUT2D eigenvalue weighted by Gasteiger charge is 2.50. The summed E-state index contributed by atoms with van der Waals surface area (Å²) in [6.07, 6.45) is 2.18. The zero-order valence-corrected chi connectivity index (χ0v) is 22.6. The lowest BCUT2D eigenvalue weighted by molar-refractivity contribution is -0.118. The van der Waals surface area contributed by atoms with Gasteiger partial charge in [-0.15, -0.1) is 0 Å². The molecule has 0 radical (unpaired) electrons. The molecule has 2 amide bonds. The van der Waals surface area contributed by atoms with Crippen LogP contribution in [-0.4, -0.2) is 37.6 Å². The maximum Gasteiger partial charge on any atom is 0.249 e. The molecular weight excluding hydrogens is 540 g/mol. The molecule has 208 valence electrons. The fraction of sp³-hybridized carbons (Fsp3) is 0.333. The number of primary amides is 1. The van der Waals surface area contributed by atoms with Crippen molar-refractivity contribution in [3.8, 4) is 22.6 Å². The van der Waals surface area contributed by atoms with Crippen LogP contribution in [0.5, 0.6) is 11.5 Å². The summed E-state index contributed by atoms with van der Waals surface area (Å²) in [5.41, 5.74) is 5.77. The minimum Gasteiger partial charge on any atom is -0.486 e. The second-order valence-corrected chi connectivity index (χ2v) is 10.7. The van der Waals surface area contributed by atoms with E-state index in [-0.39, 0.29) is 76.8 Å². The summed E-state index contributed by atoms with van der Waals surface area (Å²) in [6.45, 7) is 2.73. The summed E-state index contributed by atoms with van der Waals surface area (Å²) in [7, 11) is 0. The Morgan fingerprint density at radius 2 is 1.98 bits per heavy atom. The third kappa shape index (κ3) is 4.02. The molecule has 3 heterocycles. The molecule has 0 spiro atoms. The highest BCUT2D eigenvalue weighted by Crippen LogP contribution is 2.53. The monoisotopic (exact) mass is 567 g/mol. The number of benzene rings is 3. The lowest BCUT2D eigenvalue weighted by Gasteiger charge is -2.35. The largest absolute Gasteiger partial charge is 0.486 e. The van der Waals surface area contributed by atoms with Gasteiger partial charge < -0.3 is 25.4 Å². The number of fused-ring (bicyclic) bond motifs is 2. The number of ether oxygens (including phenoxy) is 2. The van der Waals surface area contributed by atoms with Crippen molar-refractivity contribution in [1.82, 2.24) is 5.32 Å². The van der Waals surface area contributed by atoms with Crippen molar-refractivity contribution < 1.29 is 27.8 Å². The number of anilines is 1. The maximum atomic E-state index is 16.5. The number of hydrogen-bond donors (Lipinski definition) is 2. The second-order valence-electron chi connectivity index (χ2n) is 10.3. The van der Waals surface area contributed by atoms with Crippen molar-refractivity contribution in [3.63, 3.8) is 0 Å². The van der Waals surface area contributed by atoms with E-state index in [4.69, 9.17) is 26.8 Å². The van der Waals surface area contributed by atoms with Gasteiger partial charge in [0.25, 0.3) is 0 Å². The van der Waals surface area contributed by atoms with Gasteiger partial charge in [0.2, 0.25) is 11.8 Å². The third-order valence-electron chi connectivity index (χ3n) is 8.08. The summed E-state index contributed by atoms with van der Waals surface area (Å²) in [5.74, 6) is -2.98. The van der Waals surface area contributed by atoms with Crippen LogP contribution in [0.4, 0.5) is 14.5 Å². The lowest BCUT2D eigenvalue weighted by Crippen LogP contribution is -2.48. The van der Waals surface area contributed by atoms with Gasteiger partial charge in [0.15, 0.2) is 17.2 Å². The fourth-order valence-electron chi connectivity index (χ4n) is 6.23. The Morgan fingerprint density at radius 1 is 1.20 bits per heavy atom. The average Bonchev–Trinajstić information content (AvgIpc) is 3.63. The molecule has 10 heteroatoms. The van der Waals surface area contributed by atoms with Crippen molar-refractivity contribution >= 4 is 29.1 Å². The molecule has 2 atom stereocenters. The number of carbonyl (C=O) groups is 2. The predicted molar refractivity (Wildman–Crippen MR) is 147 cm³/mol. The maximum absolute atomic E-state index is 16.5. The van der Waals surface area contributed by atoms with Crippen LogP contribution in [0.2, 0.25) is 5.02 Å². The van der Waals surface area contributed by atoms with Gasteiger partial charge in [0.1, 0.15) is 18.2 Å². The summed E-state index contributed by atoms with van der Waals surface area (Å²) in [5, 5.41) is 3.15. The van der Waals surface area contributed by atoms with Gasteiger partial charge in [-0.1, -0.05) is 48.9 Å². The van der Waals surface area contributed by atoms with E-state index in [9.17, 15) is 9.59 Å². The van der Waals surface area contributed by atoms with E-state index in [0.29, 0.717) is 5.56 Å². The van der Waals surface area contributed by atoms with Crippen LogP contribution in [0, 0.1) is 11.6 Å². The number of amides is 2. The molecule has 1 fully saturated rings. The number of nitrogens with two attached hydrogens (primary N) is 1. The van der Waals surface area contributed by atoms with Gasteiger partial charge in [0, 0.05) is 35.6 Å². The molecular formula is C30H28ClF2N3O4. The molecule has 0 unspecified atom stereocenters. The minimum absolute atomic E-state index is 0.0101. The van der Waals surface area contributed by atoms with E-state index in [2.05, 4.69) is 5.32 Å². The van der Waals surface area contributed by atoms with E-state index >= 15 is 8.78 Å². The molecule has 7 nitrogen and oxygen atoms in total. The lowest BCUT2D eigenvalue weighted by atomic mass is 9.80. The van der Waals surface area contributed by atoms with Gasteiger partial charge in [-0.2, -0.15) is 0 Å². The Bertz CT molecular complexity index is 1530. The fourth-order valence-corrected chi connectivity index (χ4v) is 6.49. The molecule has 0 aromatic heterocycles. The topological polar surface area (TPSA) is 93.9 Å². The van der Waals surface area contributed by atoms with Crippen LogP contribution in [0.1, 0.15) is 47.7 Å². The first-order valence-corrected chi connectivity index (χ1v) is 13.7. The number of hydrogen-bond acceptors (Lipinski definition) is 5. The normalized spacial score (nSPS) is 21.4. The van der Waals surface area contributed by atoms with Crippen molar-refractivity contribution in [2.45, 2.75) is 44.2 Å². The number of halogens is 3. The van der Waals surface area contributed by atoms with E-state index < -0.39 is 23.1 Å². The van der Waals surface area contributed by atoms with E-state index in [1.54, 1.807) is 6.92 Å². The minimum atomic E-state index is -0.953. The zero-order chi connectivity index (χ0) is 28.2. The first-order chi connectivity index (χ1) is 19.3. The molecule has 3 aromatic carbocycles. The van der Waals surface area contributed by atoms with E-state index in [1.807, 2.05) is 30.3 Å². The first kappa shape index (κ1) is 26.5. The number of rotatable bonds is 5. The average molecular weight is 568 g/mol. The van der Waals surface area contributed by atoms with E-state index in [1.165, 1.54) is 17.0 Å². The molecule has 0 saturated carbocycles. The Labute approximate surface area is 235 Å². The molecule has 0 bridgehead atoms. The number of nitrogens with zero attached hydrogens (tertiary/aromatic N) is 1. The Kier molecular flexibility index (Phi) is 6.67. The Morgan fingerprint density at radius 3 is 2.65 bits per heavy atom. The smallest absolute Gasteiger partial charge is 0.249 e. The SMILES string of the molecule is CCC(=O)N1CCOc2c1cc(C(N)=O)c(-c1c(Cl)c(F)cc3c1C[C@](c1ccccc1)([C@@H]1CCCN1)O3)c2F. The highest BCUT2D eigenvalue weighted by atomic mass is 35.5. The molecule has 3 aliphatic rings. The Hall–Kier alpha value is -3.69. The highest BCUT2D eigenvalue weighted by molar-refractivity contribution is 6.34. The summed E-state index contributed by atoms with van der Waals surface area (Å²) in [6, 6.07) is 12.0. The van der Waals surface area contributed by atoms with Gasteiger partial charge in [-0.05, 0) is 31.0 Å². The first-order valence-electron chi connectivity index (χ1n) is 13.4. The van der Waals surface area contributed by atoms with Crippen LogP contribution in [0.15, 0.2) is 42.5 Å². The van der Waals surface area contributed by atoms with Crippen molar-refractivity contribution in [3.05, 3.63) is 75.8 Å². The van der Waals surface area contributed by atoms with Crippen molar-refractivity contribution in [2.24, 2.45) is 5.73 Å². The molecule has 0 aliphatic carbocycles. The molecule has 3 aliphatic heterocycles. The standard InChI is InChI=1S/C30H28ClF2N3O4/c1-2-23(37)36-11-12-39-28-20(36)13-17(29(34)38)25(27(28)33)24-18-15-30(22-9-6-10-35-22,16-7-4-3-5-8-16)40-21(18)14-19(32)26(24)31/h3-5,7-8,13-14,22,35H,2,6,9-12,15H2,1H3,(H2,34,38)/t22-,30-/m0/s1.